The first kappa shape index (κ1) is 13.8. The lowest BCUT2D eigenvalue weighted by molar-refractivity contribution is 0.0562. The van der Waals surface area contributed by atoms with Crippen LogP contribution in [-0.2, 0) is 4.74 Å². The zero-order valence-electron chi connectivity index (χ0n) is 10.0. The molecule has 0 saturated carbocycles. The molecule has 0 aliphatic heterocycles. The second-order valence-corrected chi connectivity index (χ2v) is 4.79. The van der Waals surface area contributed by atoms with E-state index in [9.17, 15) is 9.18 Å². The summed E-state index contributed by atoms with van der Waals surface area (Å²) in [5.74, 6) is -0.570. The number of esters is 1. The molecule has 1 unspecified atom stereocenters. The molecule has 1 aromatic heterocycles. The third-order valence-electron chi connectivity index (χ3n) is 2.56. The summed E-state index contributed by atoms with van der Waals surface area (Å²) in [7, 11) is 1.26. The predicted octanol–water partition coefficient (Wildman–Crippen LogP) is 3.02. The number of rotatable bonds is 3. The molecule has 0 amide bonds. The molecule has 0 aliphatic rings. The monoisotopic (exact) mass is 327 g/mol. The number of halogens is 2. The van der Waals surface area contributed by atoms with Crippen LogP contribution in [0.15, 0.2) is 39.2 Å². The number of methoxy groups -OCH3 is 1. The van der Waals surface area contributed by atoms with Gasteiger partial charge < -0.3 is 14.9 Å². The molecule has 0 fully saturated rings. The summed E-state index contributed by atoms with van der Waals surface area (Å²) in [6.07, 6.45) is 0. The molecule has 0 aliphatic carbocycles. The topological polar surface area (TPSA) is 65.5 Å². The Morgan fingerprint density at radius 3 is 2.79 bits per heavy atom. The Morgan fingerprint density at radius 2 is 2.16 bits per heavy atom. The maximum Gasteiger partial charge on any atom is 0.373 e. The van der Waals surface area contributed by atoms with E-state index in [0.717, 1.165) is 0 Å². The third-order valence-corrected chi connectivity index (χ3v) is 3.02. The molecular weight excluding hydrogens is 317 g/mol. The number of carbonyl (C=O) groups is 1. The lowest BCUT2D eigenvalue weighted by Crippen LogP contribution is -2.11. The molecule has 2 aromatic rings. The smallest absolute Gasteiger partial charge is 0.373 e. The highest BCUT2D eigenvalue weighted by Gasteiger charge is 2.18. The van der Waals surface area contributed by atoms with E-state index >= 15 is 0 Å². The van der Waals surface area contributed by atoms with Crippen LogP contribution in [-0.4, -0.2) is 13.1 Å². The number of hydrogen-bond donors (Lipinski definition) is 1. The highest BCUT2D eigenvalue weighted by Crippen LogP contribution is 2.25. The highest BCUT2D eigenvalue weighted by atomic mass is 79.9. The SMILES string of the molecule is COC(=O)c1ccc(C(N)c2cc(F)cc(Br)c2)o1. The summed E-state index contributed by atoms with van der Waals surface area (Å²) in [6.45, 7) is 0. The fraction of sp³-hybridized carbons (Fsp3) is 0.154. The van der Waals surface area contributed by atoms with Crippen LogP contribution in [0.25, 0.3) is 0 Å². The van der Waals surface area contributed by atoms with Gasteiger partial charge in [0.1, 0.15) is 11.6 Å². The average molecular weight is 328 g/mol. The zero-order valence-corrected chi connectivity index (χ0v) is 11.6. The first-order valence-electron chi connectivity index (χ1n) is 5.41. The van der Waals surface area contributed by atoms with E-state index in [0.29, 0.717) is 15.8 Å². The van der Waals surface area contributed by atoms with Crippen LogP contribution in [0.4, 0.5) is 4.39 Å². The lowest BCUT2D eigenvalue weighted by atomic mass is 10.1. The van der Waals surface area contributed by atoms with Crippen molar-refractivity contribution in [1.29, 1.82) is 0 Å². The van der Waals surface area contributed by atoms with Crippen molar-refractivity contribution in [3.8, 4) is 0 Å². The van der Waals surface area contributed by atoms with E-state index in [1.165, 1.54) is 25.3 Å². The van der Waals surface area contributed by atoms with Crippen molar-refractivity contribution in [2.24, 2.45) is 5.73 Å². The van der Waals surface area contributed by atoms with E-state index in [2.05, 4.69) is 20.7 Å². The standard InChI is InChI=1S/C13H11BrFNO3/c1-18-13(17)11-3-2-10(19-11)12(16)7-4-8(14)6-9(15)5-7/h2-6,12H,16H2,1H3. The molecule has 4 nitrogen and oxygen atoms in total. The second-order valence-electron chi connectivity index (χ2n) is 3.87. The highest BCUT2D eigenvalue weighted by molar-refractivity contribution is 9.10. The van der Waals surface area contributed by atoms with Crippen LogP contribution in [0.2, 0.25) is 0 Å². The van der Waals surface area contributed by atoms with E-state index in [1.807, 2.05) is 0 Å². The number of benzene rings is 1. The minimum atomic E-state index is -0.662. The van der Waals surface area contributed by atoms with Crippen LogP contribution < -0.4 is 5.73 Å². The summed E-state index contributed by atoms with van der Waals surface area (Å²) in [5.41, 5.74) is 6.52. The molecular formula is C13H11BrFNO3. The number of carbonyl (C=O) groups excluding carboxylic acids is 1. The van der Waals surface area contributed by atoms with Gasteiger partial charge in [0.15, 0.2) is 0 Å². The number of nitrogens with two attached hydrogens (primary N) is 1. The van der Waals surface area contributed by atoms with Gasteiger partial charge in [-0.05, 0) is 35.9 Å². The quantitative estimate of drug-likeness (QED) is 0.880. The van der Waals surface area contributed by atoms with Gasteiger partial charge in [0.2, 0.25) is 5.76 Å². The van der Waals surface area contributed by atoms with Crippen molar-refractivity contribution in [3.05, 3.63) is 57.7 Å². The minimum Gasteiger partial charge on any atom is -0.463 e. The molecule has 2 rings (SSSR count). The van der Waals surface area contributed by atoms with Gasteiger partial charge in [-0.25, -0.2) is 9.18 Å². The van der Waals surface area contributed by atoms with Crippen molar-refractivity contribution in [2.75, 3.05) is 7.11 Å². The number of furan rings is 1. The van der Waals surface area contributed by atoms with Crippen molar-refractivity contribution in [2.45, 2.75) is 6.04 Å². The Bertz CT molecular complexity index is 591. The van der Waals surface area contributed by atoms with E-state index in [1.54, 1.807) is 12.1 Å². The molecule has 0 saturated heterocycles. The molecule has 6 heteroatoms. The van der Waals surface area contributed by atoms with Gasteiger partial charge in [0.05, 0.1) is 13.2 Å². The Morgan fingerprint density at radius 1 is 1.42 bits per heavy atom. The Kier molecular flexibility index (Phi) is 4.01. The maximum absolute atomic E-state index is 13.3. The fourth-order valence-electron chi connectivity index (χ4n) is 1.65. The van der Waals surface area contributed by atoms with Gasteiger partial charge in [0, 0.05) is 4.47 Å². The Hall–Kier alpha value is -1.66. The molecule has 0 spiro atoms. The van der Waals surface area contributed by atoms with Gasteiger partial charge in [0.25, 0.3) is 0 Å². The van der Waals surface area contributed by atoms with Crippen LogP contribution in [0, 0.1) is 5.82 Å². The summed E-state index contributed by atoms with van der Waals surface area (Å²) in [4.78, 5) is 11.3. The molecule has 1 heterocycles. The van der Waals surface area contributed by atoms with Crippen molar-refractivity contribution >= 4 is 21.9 Å². The summed E-state index contributed by atoms with van der Waals surface area (Å²) < 4.78 is 23.7. The van der Waals surface area contributed by atoms with Crippen LogP contribution in [0.5, 0.6) is 0 Å². The van der Waals surface area contributed by atoms with Crippen LogP contribution in [0.1, 0.15) is 27.9 Å². The summed E-state index contributed by atoms with van der Waals surface area (Å²) in [6, 6.07) is 6.71. The van der Waals surface area contributed by atoms with Gasteiger partial charge in [-0.2, -0.15) is 0 Å². The fourth-order valence-corrected chi connectivity index (χ4v) is 2.13. The lowest BCUT2D eigenvalue weighted by Gasteiger charge is -2.09. The first-order valence-corrected chi connectivity index (χ1v) is 6.20. The number of hydrogen-bond acceptors (Lipinski definition) is 4. The zero-order chi connectivity index (χ0) is 14.0. The van der Waals surface area contributed by atoms with Crippen molar-refractivity contribution in [3.63, 3.8) is 0 Å². The minimum absolute atomic E-state index is 0.0587. The molecule has 1 atom stereocenters. The van der Waals surface area contributed by atoms with Crippen LogP contribution in [0.3, 0.4) is 0 Å². The third kappa shape index (κ3) is 3.02. The second kappa shape index (κ2) is 5.54. The molecule has 2 N–H and O–H groups in total. The predicted molar refractivity (Wildman–Crippen MR) is 70.2 cm³/mol. The molecule has 1 aromatic carbocycles. The molecule has 0 radical (unpaired) electrons. The van der Waals surface area contributed by atoms with Gasteiger partial charge in [-0.1, -0.05) is 15.9 Å². The van der Waals surface area contributed by atoms with Crippen LogP contribution >= 0.6 is 15.9 Å². The molecule has 19 heavy (non-hydrogen) atoms. The Balaban J connectivity index is 2.30. The van der Waals surface area contributed by atoms with Gasteiger partial charge in [-0.15, -0.1) is 0 Å². The largest absolute Gasteiger partial charge is 0.463 e. The summed E-state index contributed by atoms with van der Waals surface area (Å²) >= 11 is 3.19. The normalized spacial score (nSPS) is 12.2. The van der Waals surface area contributed by atoms with E-state index in [4.69, 9.17) is 10.2 Å². The molecule has 100 valence electrons. The number of ether oxygens (including phenoxy) is 1. The van der Waals surface area contributed by atoms with Crippen molar-refractivity contribution in [1.82, 2.24) is 0 Å². The van der Waals surface area contributed by atoms with Crippen molar-refractivity contribution < 1.29 is 18.3 Å². The van der Waals surface area contributed by atoms with Gasteiger partial charge in [-0.3, -0.25) is 0 Å². The summed E-state index contributed by atoms with van der Waals surface area (Å²) in [5, 5.41) is 0. The maximum atomic E-state index is 13.3. The van der Waals surface area contributed by atoms with E-state index < -0.39 is 17.8 Å². The Labute approximate surface area is 117 Å². The van der Waals surface area contributed by atoms with E-state index in [-0.39, 0.29) is 5.76 Å². The first-order chi connectivity index (χ1) is 9.01. The van der Waals surface area contributed by atoms with Gasteiger partial charge >= 0.3 is 5.97 Å². The molecule has 0 bridgehead atoms. The average Bonchev–Trinajstić information content (AvgIpc) is 2.85.